The van der Waals surface area contributed by atoms with E-state index >= 15 is 0 Å². The first-order valence-electron chi connectivity index (χ1n) is 6.98. The average Bonchev–Trinajstić information content (AvgIpc) is 2.91. The van der Waals surface area contributed by atoms with Crippen molar-refractivity contribution in [2.45, 2.75) is 6.92 Å². The Morgan fingerprint density at radius 2 is 1.71 bits per heavy atom. The van der Waals surface area contributed by atoms with Crippen molar-refractivity contribution in [3.63, 3.8) is 0 Å². The number of hydrogen-bond acceptors (Lipinski definition) is 3. The maximum atomic E-state index is 12.1. The lowest BCUT2D eigenvalue weighted by atomic mass is 9.97. The smallest absolute Gasteiger partial charge is 0.339 e. The highest BCUT2D eigenvalue weighted by atomic mass is 16.5. The van der Waals surface area contributed by atoms with Gasteiger partial charge in [-0.25, -0.2) is 4.79 Å². The Kier molecular flexibility index (Phi) is 3.73. The van der Waals surface area contributed by atoms with Crippen LogP contribution in [0.25, 0.3) is 11.1 Å². The van der Waals surface area contributed by atoms with Gasteiger partial charge in [-0.2, -0.15) is 0 Å². The van der Waals surface area contributed by atoms with Gasteiger partial charge in [-0.15, -0.1) is 0 Å². The molecule has 0 fully saturated rings. The number of carbonyl (C=O) groups is 1. The fourth-order valence-electron chi connectivity index (χ4n) is 2.45. The Hall–Kier alpha value is -2.55. The third-order valence-electron chi connectivity index (χ3n) is 3.43. The SMILES string of the molecule is CCOc1ccc(C2=C(c3ccccc3)COC2=O)cc1. The molecule has 0 aromatic heterocycles. The number of hydrogen-bond donors (Lipinski definition) is 0. The van der Waals surface area contributed by atoms with Crippen molar-refractivity contribution in [2.24, 2.45) is 0 Å². The molecule has 0 saturated carbocycles. The molecular formula is C18H16O3. The van der Waals surface area contributed by atoms with Gasteiger partial charge in [-0.1, -0.05) is 42.5 Å². The minimum atomic E-state index is -0.266. The van der Waals surface area contributed by atoms with Crippen molar-refractivity contribution in [2.75, 3.05) is 13.2 Å². The average molecular weight is 280 g/mol. The Morgan fingerprint density at radius 1 is 1.00 bits per heavy atom. The molecule has 0 saturated heterocycles. The summed E-state index contributed by atoms with van der Waals surface area (Å²) in [5.41, 5.74) is 3.46. The maximum absolute atomic E-state index is 12.1. The largest absolute Gasteiger partial charge is 0.494 e. The van der Waals surface area contributed by atoms with Crippen LogP contribution in [-0.4, -0.2) is 19.2 Å². The summed E-state index contributed by atoms with van der Waals surface area (Å²) in [6, 6.07) is 17.4. The molecule has 21 heavy (non-hydrogen) atoms. The van der Waals surface area contributed by atoms with Crippen LogP contribution in [-0.2, 0) is 9.53 Å². The van der Waals surface area contributed by atoms with E-state index in [0.717, 1.165) is 22.4 Å². The van der Waals surface area contributed by atoms with E-state index in [4.69, 9.17) is 9.47 Å². The highest BCUT2D eigenvalue weighted by molar-refractivity contribution is 6.27. The van der Waals surface area contributed by atoms with E-state index in [1.54, 1.807) is 0 Å². The van der Waals surface area contributed by atoms with Crippen LogP contribution in [0.2, 0.25) is 0 Å². The summed E-state index contributed by atoms with van der Waals surface area (Å²) < 4.78 is 10.6. The molecule has 0 unspecified atom stereocenters. The fraction of sp³-hybridized carbons (Fsp3) is 0.167. The molecule has 3 rings (SSSR count). The van der Waals surface area contributed by atoms with Crippen molar-refractivity contribution in [3.05, 3.63) is 65.7 Å². The first kappa shape index (κ1) is 13.4. The first-order valence-corrected chi connectivity index (χ1v) is 6.98. The van der Waals surface area contributed by atoms with E-state index < -0.39 is 0 Å². The van der Waals surface area contributed by atoms with Gasteiger partial charge in [-0.05, 0) is 30.2 Å². The van der Waals surface area contributed by atoms with Crippen molar-refractivity contribution in [1.82, 2.24) is 0 Å². The molecule has 0 amide bonds. The topological polar surface area (TPSA) is 35.5 Å². The zero-order valence-electron chi connectivity index (χ0n) is 11.8. The molecule has 3 nitrogen and oxygen atoms in total. The van der Waals surface area contributed by atoms with E-state index in [1.165, 1.54) is 0 Å². The summed E-state index contributed by atoms with van der Waals surface area (Å²) in [5, 5.41) is 0. The summed E-state index contributed by atoms with van der Waals surface area (Å²) in [7, 11) is 0. The molecule has 0 bridgehead atoms. The molecule has 1 aliphatic rings. The lowest BCUT2D eigenvalue weighted by molar-refractivity contribution is -0.133. The van der Waals surface area contributed by atoms with Crippen LogP contribution in [0.4, 0.5) is 0 Å². The van der Waals surface area contributed by atoms with Gasteiger partial charge in [0.15, 0.2) is 0 Å². The van der Waals surface area contributed by atoms with Crippen LogP contribution in [0.5, 0.6) is 5.75 Å². The second-order valence-corrected chi connectivity index (χ2v) is 4.75. The molecule has 0 spiro atoms. The zero-order chi connectivity index (χ0) is 14.7. The Morgan fingerprint density at radius 3 is 2.38 bits per heavy atom. The lowest BCUT2D eigenvalue weighted by Crippen LogP contribution is -1.99. The van der Waals surface area contributed by atoms with E-state index in [2.05, 4.69) is 0 Å². The van der Waals surface area contributed by atoms with Gasteiger partial charge in [-0.3, -0.25) is 0 Å². The van der Waals surface area contributed by atoms with Gasteiger partial charge in [0.25, 0.3) is 0 Å². The second kappa shape index (κ2) is 5.83. The predicted octanol–water partition coefficient (Wildman–Crippen LogP) is 3.55. The van der Waals surface area contributed by atoms with E-state index in [1.807, 2.05) is 61.5 Å². The summed E-state index contributed by atoms with van der Waals surface area (Å²) in [6.45, 7) is 2.89. The summed E-state index contributed by atoms with van der Waals surface area (Å²) in [6.07, 6.45) is 0. The standard InChI is InChI=1S/C18H16O3/c1-2-20-15-10-8-14(9-11-15)17-16(12-21-18(17)19)13-6-4-3-5-7-13/h3-11H,2,12H2,1H3. The van der Waals surface area contributed by atoms with Crippen LogP contribution in [0.15, 0.2) is 54.6 Å². The first-order chi connectivity index (χ1) is 10.3. The van der Waals surface area contributed by atoms with Crippen LogP contribution >= 0.6 is 0 Å². The third-order valence-corrected chi connectivity index (χ3v) is 3.43. The number of benzene rings is 2. The van der Waals surface area contributed by atoms with E-state index in [9.17, 15) is 4.79 Å². The number of esters is 1. The molecule has 1 aliphatic heterocycles. The van der Waals surface area contributed by atoms with Crippen molar-refractivity contribution >= 4 is 17.1 Å². The van der Waals surface area contributed by atoms with Crippen LogP contribution in [0.3, 0.4) is 0 Å². The summed E-state index contributed by atoms with van der Waals surface area (Å²) >= 11 is 0. The van der Waals surface area contributed by atoms with Gasteiger partial charge in [0.2, 0.25) is 0 Å². The molecule has 2 aromatic rings. The van der Waals surface area contributed by atoms with Gasteiger partial charge < -0.3 is 9.47 Å². The second-order valence-electron chi connectivity index (χ2n) is 4.75. The number of carbonyl (C=O) groups excluding carboxylic acids is 1. The minimum absolute atomic E-state index is 0.266. The normalized spacial score (nSPS) is 14.2. The highest BCUT2D eigenvalue weighted by Crippen LogP contribution is 2.33. The van der Waals surface area contributed by atoms with E-state index in [0.29, 0.717) is 18.8 Å². The van der Waals surface area contributed by atoms with Crippen LogP contribution < -0.4 is 4.74 Å². The maximum Gasteiger partial charge on any atom is 0.339 e. The minimum Gasteiger partial charge on any atom is -0.494 e. The van der Waals surface area contributed by atoms with Gasteiger partial charge in [0, 0.05) is 5.57 Å². The lowest BCUT2D eigenvalue weighted by Gasteiger charge is -2.06. The number of cyclic esters (lactones) is 1. The van der Waals surface area contributed by atoms with Crippen molar-refractivity contribution in [1.29, 1.82) is 0 Å². The monoisotopic (exact) mass is 280 g/mol. The predicted molar refractivity (Wildman–Crippen MR) is 81.8 cm³/mol. The molecule has 0 N–H and O–H groups in total. The number of rotatable bonds is 4. The number of ether oxygens (including phenoxy) is 2. The Labute approximate surface area is 123 Å². The molecule has 1 heterocycles. The molecule has 2 aromatic carbocycles. The van der Waals surface area contributed by atoms with Gasteiger partial charge in [0.1, 0.15) is 12.4 Å². The third kappa shape index (κ3) is 2.68. The zero-order valence-corrected chi connectivity index (χ0v) is 11.8. The van der Waals surface area contributed by atoms with Crippen LogP contribution in [0, 0.1) is 0 Å². The van der Waals surface area contributed by atoms with Crippen LogP contribution in [0.1, 0.15) is 18.1 Å². The van der Waals surface area contributed by atoms with E-state index in [-0.39, 0.29) is 5.97 Å². The Bertz CT molecular complexity index is 669. The molecule has 0 atom stereocenters. The quantitative estimate of drug-likeness (QED) is 0.803. The molecular weight excluding hydrogens is 264 g/mol. The summed E-state index contributed by atoms with van der Waals surface area (Å²) in [5.74, 6) is 0.535. The molecule has 3 heteroatoms. The van der Waals surface area contributed by atoms with Crippen molar-refractivity contribution < 1.29 is 14.3 Å². The molecule has 0 aliphatic carbocycles. The van der Waals surface area contributed by atoms with Gasteiger partial charge >= 0.3 is 5.97 Å². The summed E-state index contributed by atoms with van der Waals surface area (Å²) in [4.78, 5) is 12.1. The fourth-order valence-corrected chi connectivity index (χ4v) is 2.45. The highest BCUT2D eigenvalue weighted by Gasteiger charge is 2.26. The van der Waals surface area contributed by atoms with Gasteiger partial charge in [0.05, 0.1) is 12.2 Å². The Balaban J connectivity index is 2.02. The molecule has 106 valence electrons. The van der Waals surface area contributed by atoms with Crippen molar-refractivity contribution in [3.8, 4) is 5.75 Å². The molecule has 0 radical (unpaired) electrons.